The second kappa shape index (κ2) is 7.55. The molecule has 0 spiro atoms. The Kier molecular flexibility index (Phi) is 6.34. The minimum atomic E-state index is 0.428. The van der Waals surface area contributed by atoms with Gasteiger partial charge in [0.25, 0.3) is 0 Å². The Hall–Kier alpha value is 0.580. The maximum atomic E-state index is 5.44. The maximum absolute atomic E-state index is 5.44. The molecule has 1 saturated carbocycles. The highest BCUT2D eigenvalue weighted by Gasteiger charge is 2.34. The highest BCUT2D eigenvalue weighted by Crippen LogP contribution is 2.32. The van der Waals surface area contributed by atoms with Gasteiger partial charge in [0, 0.05) is 18.6 Å². The lowest BCUT2D eigenvalue weighted by Crippen LogP contribution is -2.48. The summed E-state index contributed by atoms with van der Waals surface area (Å²) in [6, 6.07) is 1.44. The van der Waals surface area contributed by atoms with Crippen LogP contribution in [0.1, 0.15) is 39.5 Å². The van der Waals surface area contributed by atoms with Crippen molar-refractivity contribution in [1.29, 1.82) is 0 Å². The van der Waals surface area contributed by atoms with Crippen LogP contribution < -0.4 is 0 Å². The third-order valence-corrected chi connectivity index (χ3v) is 5.41. The lowest BCUT2D eigenvalue weighted by atomic mass is 9.87. The van der Waals surface area contributed by atoms with Crippen LogP contribution in [0.3, 0.4) is 0 Å². The molecular weight excluding hydrogens is 276 g/mol. The molecule has 0 radical (unpaired) electrons. The predicted octanol–water partition coefficient (Wildman–Crippen LogP) is 3.08. The second-order valence-corrected chi connectivity index (χ2v) is 7.22. The molecule has 1 saturated heterocycles. The Bertz CT molecular complexity index is 264. The van der Waals surface area contributed by atoms with Crippen LogP contribution in [0.4, 0.5) is 0 Å². The van der Waals surface area contributed by atoms with Gasteiger partial charge in [0.1, 0.15) is 0 Å². The maximum Gasteiger partial charge on any atom is 0.0762 e. The molecule has 3 nitrogen and oxygen atoms in total. The summed E-state index contributed by atoms with van der Waals surface area (Å²) < 4.78 is 5.44. The van der Waals surface area contributed by atoms with Gasteiger partial charge in [-0.2, -0.15) is 0 Å². The van der Waals surface area contributed by atoms with E-state index in [1.807, 2.05) is 0 Å². The van der Waals surface area contributed by atoms with Gasteiger partial charge < -0.3 is 14.0 Å². The first kappa shape index (κ1) is 16.0. The molecule has 1 aliphatic heterocycles. The summed E-state index contributed by atoms with van der Waals surface area (Å²) in [5.41, 5.74) is 0. The van der Waals surface area contributed by atoms with E-state index in [1.165, 1.54) is 56.4 Å². The van der Waals surface area contributed by atoms with Crippen LogP contribution in [0.25, 0.3) is 0 Å². The van der Waals surface area contributed by atoms with Gasteiger partial charge in [-0.05, 0) is 65.6 Å². The Morgan fingerprint density at radius 3 is 2.47 bits per heavy atom. The average molecular weight is 305 g/mol. The zero-order valence-corrected chi connectivity index (χ0v) is 14.1. The van der Waals surface area contributed by atoms with Gasteiger partial charge in [0.05, 0.1) is 17.2 Å². The van der Waals surface area contributed by atoms with Gasteiger partial charge >= 0.3 is 0 Å². The molecule has 19 heavy (non-hydrogen) atoms. The normalized spacial score (nSPS) is 30.0. The summed E-state index contributed by atoms with van der Waals surface area (Å²) in [7, 11) is 2.28. The van der Waals surface area contributed by atoms with E-state index in [0.717, 1.165) is 12.0 Å². The minimum absolute atomic E-state index is 0.428. The average Bonchev–Trinajstić information content (AvgIpc) is 2.33. The van der Waals surface area contributed by atoms with Crippen molar-refractivity contribution in [3.05, 3.63) is 0 Å². The van der Waals surface area contributed by atoms with E-state index in [2.05, 4.69) is 42.4 Å². The molecule has 112 valence electrons. The molecule has 0 amide bonds. The van der Waals surface area contributed by atoms with Crippen molar-refractivity contribution in [3.8, 4) is 0 Å². The van der Waals surface area contributed by atoms with E-state index >= 15 is 0 Å². The van der Waals surface area contributed by atoms with E-state index < -0.39 is 0 Å². The first-order valence-corrected chi connectivity index (χ1v) is 9.30. The topological polar surface area (TPSA) is 15.7 Å². The molecule has 2 fully saturated rings. The van der Waals surface area contributed by atoms with Crippen molar-refractivity contribution >= 4 is 22.7 Å². The number of piperidine rings is 1. The van der Waals surface area contributed by atoms with Gasteiger partial charge in [0.15, 0.2) is 0 Å². The second-order valence-electron chi connectivity index (χ2n) is 6.43. The van der Waals surface area contributed by atoms with Gasteiger partial charge in [-0.1, -0.05) is 11.7 Å². The number of likely N-dealkylation sites (tertiary alicyclic amines) is 1. The van der Waals surface area contributed by atoms with Crippen LogP contribution in [-0.4, -0.2) is 54.7 Å². The van der Waals surface area contributed by atoms with Crippen molar-refractivity contribution in [3.63, 3.8) is 0 Å². The first-order chi connectivity index (χ1) is 9.10. The highest BCUT2D eigenvalue weighted by atomic mass is 33.1. The van der Waals surface area contributed by atoms with Crippen LogP contribution in [0, 0.1) is 5.92 Å². The number of hydrogen-bond donors (Lipinski definition) is 1. The fourth-order valence-electron chi connectivity index (χ4n) is 3.25. The Balaban J connectivity index is 1.63. The van der Waals surface area contributed by atoms with Crippen molar-refractivity contribution in [2.45, 2.75) is 57.7 Å². The van der Waals surface area contributed by atoms with Crippen molar-refractivity contribution in [2.24, 2.45) is 5.92 Å². The Morgan fingerprint density at radius 1 is 1.32 bits per heavy atom. The molecule has 1 heterocycles. The molecule has 0 aromatic rings. The molecular formula is C14H28N2OS2. The third kappa shape index (κ3) is 4.53. The van der Waals surface area contributed by atoms with Gasteiger partial charge in [0.2, 0.25) is 0 Å². The van der Waals surface area contributed by atoms with Crippen LogP contribution in [0.15, 0.2) is 0 Å². The predicted molar refractivity (Wildman–Crippen MR) is 86.5 cm³/mol. The van der Waals surface area contributed by atoms with E-state index in [-0.39, 0.29) is 0 Å². The number of thiol groups is 1. The fourth-order valence-corrected chi connectivity index (χ4v) is 3.89. The standard InChI is InChI=1S/C14H28N2OS2/c1-11(2)16-6-4-12(5-7-16)10-15(3)13-8-14(9-13)17-19-18/h11-14,18H,4-10H2,1-3H3. The molecule has 0 N–H and O–H groups in total. The molecule has 0 unspecified atom stereocenters. The van der Waals surface area contributed by atoms with Crippen molar-refractivity contribution in [2.75, 3.05) is 26.7 Å². The highest BCUT2D eigenvalue weighted by molar-refractivity contribution is 8.66. The molecule has 0 bridgehead atoms. The van der Waals surface area contributed by atoms with Crippen LogP contribution in [-0.2, 0) is 4.18 Å². The summed E-state index contributed by atoms with van der Waals surface area (Å²) in [5.74, 6) is 0.888. The van der Waals surface area contributed by atoms with Gasteiger partial charge in [-0.15, -0.1) is 0 Å². The zero-order valence-electron chi connectivity index (χ0n) is 12.4. The lowest BCUT2D eigenvalue weighted by molar-refractivity contribution is 0.0278. The smallest absolute Gasteiger partial charge is 0.0762 e. The van der Waals surface area contributed by atoms with Gasteiger partial charge in [-0.3, -0.25) is 0 Å². The van der Waals surface area contributed by atoms with E-state index in [9.17, 15) is 0 Å². The fraction of sp³-hybridized carbons (Fsp3) is 1.00. The number of nitrogens with zero attached hydrogens (tertiary/aromatic N) is 2. The summed E-state index contributed by atoms with van der Waals surface area (Å²) >= 11 is 5.24. The quantitative estimate of drug-likeness (QED) is 0.461. The summed E-state index contributed by atoms with van der Waals surface area (Å²) in [6.07, 6.45) is 5.50. The van der Waals surface area contributed by atoms with Crippen LogP contribution in [0.5, 0.6) is 0 Å². The molecule has 2 rings (SSSR count). The summed E-state index contributed by atoms with van der Waals surface area (Å²) in [4.78, 5) is 5.16. The SMILES string of the molecule is CC(C)N1CCC(CN(C)C2CC(OSS)C2)CC1. The van der Waals surface area contributed by atoms with Crippen LogP contribution >= 0.6 is 22.7 Å². The lowest BCUT2D eigenvalue weighted by Gasteiger charge is -2.43. The molecule has 2 aliphatic rings. The first-order valence-electron chi connectivity index (χ1n) is 7.51. The third-order valence-electron chi connectivity index (χ3n) is 4.80. The minimum Gasteiger partial charge on any atom is -0.303 e. The molecule has 0 aromatic heterocycles. The van der Waals surface area contributed by atoms with Crippen molar-refractivity contribution < 1.29 is 4.18 Å². The molecule has 1 aliphatic carbocycles. The largest absolute Gasteiger partial charge is 0.303 e. The Labute approximate surface area is 127 Å². The zero-order chi connectivity index (χ0) is 13.8. The van der Waals surface area contributed by atoms with Gasteiger partial charge in [-0.25, -0.2) is 0 Å². The monoisotopic (exact) mass is 304 g/mol. The number of hydrogen-bond acceptors (Lipinski definition) is 5. The summed E-state index contributed by atoms with van der Waals surface area (Å²) in [5, 5.41) is 0. The summed E-state index contributed by atoms with van der Waals surface area (Å²) in [6.45, 7) is 8.43. The Morgan fingerprint density at radius 2 is 1.95 bits per heavy atom. The van der Waals surface area contributed by atoms with Crippen molar-refractivity contribution in [1.82, 2.24) is 9.80 Å². The number of rotatable bonds is 6. The molecule has 5 heteroatoms. The molecule has 0 aromatic carbocycles. The van der Waals surface area contributed by atoms with E-state index in [4.69, 9.17) is 4.18 Å². The molecule has 0 atom stereocenters. The van der Waals surface area contributed by atoms with E-state index in [0.29, 0.717) is 12.1 Å². The van der Waals surface area contributed by atoms with Crippen LogP contribution in [0.2, 0.25) is 0 Å². The van der Waals surface area contributed by atoms with E-state index in [1.54, 1.807) is 0 Å².